The first kappa shape index (κ1) is 11.0. The summed E-state index contributed by atoms with van der Waals surface area (Å²) >= 11 is 0. The number of aliphatic hydroxyl groups is 1. The van der Waals surface area contributed by atoms with Crippen LogP contribution in [0, 0.1) is 0 Å². The SMILES string of the molecule is O=C(O)C1CC(O)CN1c1nc2ccccc2o1. The number of anilines is 1. The minimum Gasteiger partial charge on any atom is -0.480 e. The molecule has 0 bridgehead atoms. The number of aromatic nitrogens is 1. The number of para-hydroxylation sites is 2. The Labute approximate surface area is 102 Å². The summed E-state index contributed by atoms with van der Waals surface area (Å²) in [7, 11) is 0. The van der Waals surface area contributed by atoms with Crippen LogP contribution in [0.4, 0.5) is 6.01 Å². The second kappa shape index (κ2) is 3.99. The number of hydrogen-bond donors (Lipinski definition) is 2. The summed E-state index contributed by atoms with van der Waals surface area (Å²) < 4.78 is 5.52. The van der Waals surface area contributed by atoms with Gasteiger partial charge in [-0.1, -0.05) is 12.1 Å². The van der Waals surface area contributed by atoms with Crippen molar-refractivity contribution in [2.24, 2.45) is 0 Å². The van der Waals surface area contributed by atoms with Crippen molar-refractivity contribution >= 4 is 23.1 Å². The first-order valence-electron chi connectivity index (χ1n) is 5.68. The van der Waals surface area contributed by atoms with E-state index in [2.05, 4.69) is 4.98 Å². The van der Waals surface area contributed by atoms with Crippen LogP contribution in [0.2, 0.25) is 0 Å². The van der Waals surface area contributed by atoms with Gasteiger partial charge in [-0.3, -0.25) is 0 Å². The van der Waals surface area contributed by atoms with Crippen molar-refractivity contribution in [3.8, 4) is 0 Å². The molecule has 1 aromatic heterocycles. The van der Waals surface area contributed by atoms with Crippen LogP contribution in [0.25, 0.3) is 11.1 Å². The van der Waals surface area contributed by atoms with Crippen molar-refractivity contribution in [3.63, 3.8) is 0 Å². The molecule has 0 saturated carbocycles. The Morgan fingerprint density at radius 2 is 2.22 bits per heavy atom. The molecule has 1 aliphatic rings. The lowest BCUT2D eigenvalue weighted by atomic mass is 10.2. The number of hydrogen-bond acceptors (Lipinski definition) is 5. The summed E-state index contributed by atoms with van der Waals surface area (Å²) in [5, 5.41) is 18.7. The maximum absolute atomic E-state index is 11.1. The second-order valence-corrected chi connectivity index (χ2v) is 4.36. The Morgan fingerprint density at radius 1 is 1.44 bits per heavy atom. The van der Waals surface area contributed by atoms with Crippen LogP contribution in [-0.4, -0.2) is 39.9 Å². The number of carboxylic acids is 1. The van der Waals surface area contributed by atoms with E-state index in [1.165, 1.54) is 4.90 Å². The van der Waals surface area contributed by atoms with Gasteiger partial charge >= 0.3 is 5.97 Å². The highest BCUT2D eigenvalue weighted by Gasteiger charge is 2.38. The molecule has 0 radical (unpaired) electrons. The lowest BCUT2D eigenvalue weighted by Crippen LogP contribution is -2.36. The topological polar surface area (TPSA) is 86.8 Å². The molecule has 1 fully saturated rings. The van der Waals surface area contributed by atoms with Crippen molar-refractivity contribution in [2.75, 3.05) is 11.4 Å². The highest BCUT2D eigenvalue weighted by Crippen LogP contribution is 2.28. The van der Waals surface area contributed by atoms with Crippen molar-refractivity contribution < 1.29 is 19.4 Å². The predicted octanol–water partition coefficient (Wildman–Crippen LogP) is 0.852. The molecule has 2 N–H and O–H groups in total. The zero-order valence-electron chi connectivity index (χ0n) is 9.48. The molecule has 0 spiro atoms. The first-order valence-corrected chi connectivity index (χ1v) is 5.68. The van der Waals surface area contributed by atoms with Crippen molar-refractivity contribution in [1.82, 2.24) is 4.98 Å². The van der Waals surface area contributed by atoms with Crippen molar-refractivity contribution in [1.29, 1.82) is 0 Å². The molecule has 6 nitrogen and oxygen atoms in total. The normalized spacial score (nSPS) is 23.7. The van der Waals surface area contributed by atoms with Gasteiger partial charge in [-0.2, -0.15) is 4.98 Å². The Kier molecular flexibility index (Phi) is 2.45. The second-order valence-electron chi connectivity index (χ2n) is 4.36. The van der Waals surface area contributed by atoms with Crippen molar-refractivity contribution in [2.45, 2.75) is 18.6 Å². The molecule has 1 saturated heterocycles. The summed E-state index contributed by atoms with van der Waals surface area (Å²) in [6.45, 7) is 0.226. The van der Waals surface area contributed by atoms with Crippen LogP contribution < -0.4 is 4.90 Å². The summed E-state index contributed by atoms with van der Waals surface area (Å²) in [5.41, 5.74) is 1.29. The van der Waals surface area contributed by atoms with E-state index in [4.69, 9.17) is 9.52 Å². The fourth-order valence-corrected chi connectivity index (χ4v) is 2.24. The van der Waals surface area contributed by atoms with Gasteiger partial charge in [0, 0.05) is 13.0 Å². The van der Waals surface area contributed by atoms with Crippen molar-refractivity contribution in [3.05, 3.63) is 24.3 Å². The molecule has 0 amide bonds. The number of benzene rings is 1. The molecule has 94 valence electrons. The highest BCUT2D eigenvalue weighted by molar-refractivity contribution is 5.80. The maximum atomic E-state index is 11.1. The number of β-amino-alcohol motifs (C(OH)–C–C–N with tert-alkyl or cyclic N) is 1. The van der Waals surface area contributed by atoms with Gasteiger partial charge in [0.2, 0.25) is 0 Å². The van der Waals surface area contributed by atoms with Gasteiger partial charge in [0.1, 0.15) is 11.6 Å². The maximum Gasteiger partial charge on any atom is 0.326 e. The molecule has 1 aromatic carbocycles. The van der Waals surface area contributed by atoms with Gasteiger partial charge in [0.25, 0.3) is 6.01 Å². The third-order valence-electron chi connectivity index (χ3n) is 3.09. The van der Waals surface area contributed by atoms with Gasteiger partial charge in [-0.15, -0.1) is 0 Å². The minimum absolute atomic E-state index is 0.189. The lowest BCUT2D eigenvalue weighted by Gasteiger charge is -2.18. The number of rotatable bonds is 2. The number of aliphatic carboxylic acids is 1. The number of aliphatic hydroxyl groups excluding tert-OH is 1. The standard InChI is InChI=1S/C12H12N2O4/c15-7-5-9(11(16)17)14(6-7)12-13-8-3-1-2-4-10(8)18-12/h1-4,7,9,15H,5-6H2,(H,16,17). The summed E-state index contributed by atoms with van der Waals surface area (Å²) in [5.74, 6) is -0.978. The quantitative estimate of drug-likeness (QED) is 0.819. The van der Waals surface area contributed by atoms with Crippen LogP contribution in [0.15, 0.2) is 28.7 Å². The molecule has 18 heavy (non-hydrogen) atoms. The van der Waals surface area contributed by atoms with E-state index in [1.54, 1.807) is 12.1 Å². The average molecular weight is 248 g/mol. The van der Waals surface area contributed by atoms with Gasteiger partial charge in [0.15, 0.2) is 5.58 Å². The van der Waals surface area contributed by atoms with E-state index in [9.17, 15) is 9.90 Å². The Morgan fingerprint density at radius 3 is 2.94 bits per heavy atom. The van der Waals surface area contributed by atoms with Crippen LogP contribution in [0.3, 0.4) is 0 Å². The van der Waals surface area contributed by atoms with E-state index in [1.807, 2.05) is 12.1 Å². The smallest absolute Gasteiger partial charge is 0.326 e. The lowest BCUT2D eigenvalue weighted by molar-refractivity contribution is -0.138. The number of fused-ring (bicyclic) bond motifs is 1. The average Bonchev–Trinajstić information content (AvgIpc) is 2.91. The molecule has 2 unspecified atom stereocenters. The number of nitrogens with zero attached hydrogens (tertiary/aromatic N) is 2. The molecule has 0 aliphatic carbocycles. The van der Waals surface area contributed by atoms with E-state index >= 15 is 0 Å². The fourth-order valence-electron chi connectivity index (χ4n) is 2.24. The summed E-state index contributed by atoms with van der Waals surface area (Å²) in [6.07, 6.45) is -0.477. The van der Waals surface area contributed by atoms with E-state index < -0.39 is 18.1 Å². The Hall–Kier alpha value is -2.08. The number of oxazole rings is 1. The van der Waals surface area contributed by atoms with Crippen LogP contribution in [0.1, 0.15) is 6.42 Å². The molecule has 2 atom stereocenters. The number of carbonyl (C=O) groups is 1. The molecular weight excluding hydrogens is 236 g/mol. The third-order valence-corrected chi connectivity index (χ3v) is 3.09. The fraction of sp³-hybridized carbons (Fsp3) is 0.333. The van der Waals surface area contributed by atoms with E-state index in [0.717, 1.165) is 0 Å². The highest BCUT2D eigenvalue weighted by atomic mass is 16.4. The molecule has 6 heteroatoms. The van der Waals surface area contributed by atoms with E-state index in [0.29, 0.717) is 11.1 Å². The van der Waals surface area contributed by atoms with Crippen LogP contribution in [-0.2, 0) is 4.79 Å². The van der Waals surface area contributed by atoms with Gasteiger partial charge < -0.3 is 19.5 Å². The van der Waals surface area contributed by atoms with E-state index in [-0.39, 0.29) is 19.0 Å². The molecular formula is C12H12N2O4. The van der Waals surface area contributed by atoms with Crippen LogP contribution >= 0.6 is 0 Å². The first-order chi connectivity index (χ1) is 8.65. The van der Waals surface area contributed by atoms with Gasteiger partial charge in [-0.05, 0) is 12.1 Å². The molecule has 2 aromatic rings. The third kappa shape index (κ3) is 1.70. The summed E-state index contributed by atoms with van der Waals surface area (Å²) in [4.78, 5) is 16.9. The predicted molar refractivity (Wildman–Crippen MR) is 63.4 cm³/mol. The largest absolute Gasteiger partial charge is 0.480 e. The van der Waals surface area contributed by atoms with Gasteiger partial charge in [-0.25, -0.2) is 4.79 Å². The van der Waals surface area contributed by atoms with Gasteiger partial charge in [0.05, 0.1) is 6.10 Å². The monoisotopic (exact) mass is 248 g/mol. The summed E-state index contributed by atoms with van der Waals surface area (Å²) in [6, 6.07) is 6.69. The molecule has 2 heterocycles. The minimum atomic E-state index is -0.978. The Balaban J connectivity index is 2.00. The molecule has 3 rings (SSSR count). The Bertz CT molecular complexity index is 562. The zero-order chi connectivity index (χ0) is 12.7. The molecule has 1 aliphatic heterocycles. The zero-order valence-corrected chi connectivity index (χ0v) is 9.48. The van der Waals surface area contributed by atoms with Crippen LogP contribution in [0.5, 0.6) is 0 Å². The number of carboxylic acid groups (broad SMARTS) is 1.